The van der Waals surface area contributed by atoms with Gasteiger partial charge < -0.3 is 10.6 Å². The molecule has 3 nitrogen and oxygen atoms in total. The lowest BCUT2D eigenvalue weighted by Crippen LogP contribution is -2.35. The molecule has 0 unspecified atom stereocenters. The predicted octanol–water partition coefficient (Wildman–Crippen LogP) is 1.49. The molecule has 0 aliphatic heterocycles. The van der Waals surface area contributed by atoms with Crippen molar-refractivity contribution in [2.75, 3.05) is 19.6 Å². The smallest absolute Gasteiger partial charge is 0.233 e. The summed E-state index contributed by atoms with van der Waals surface area (Å²) >= 11 is 5.52. The van der Waals surface area contributed by atoms with Gasteiger partial charge in [0.2, 0.25) is 5.91 Å². The first kappa shape index (κ1) is 13.5. The highest BCUT2D eigenvalue weighted by Crippen LogP contribution is 1.96. The molecule has 0 aliphatic carbocycles. The van der Waals surface area contributed by atoms with E-state index in [4.69, 9.17) is 11.6 Å². The summed E-state index contributed by atoms with van der Waals surface area (Å²) in [5.41, 5.74) is 0. The third kappa shape index (κ3) is 9.55. The van der Waals surface area contributed by atoms with Crippen molar-refractivity contribution in [2.45, 2.75) is 20.3 Å². The second-order valence-electron chi connectivity index (χ2n) is 3.65. The Bertz CT molecular complexity index is 193. The Kier molecular flexibility index (Phi) is 7.52. The van der Waals surface area contributed by atoms with Crippen LogP contribution in [0, 0.1) is 5.92 Å². The van der Waals surface area contributed by atoms with Crippen LogP contribution in [0.1, 0.15) is 20.3 Å². The molecule has 0 atom stereocenters. The van der Waals surface area contributed by atoms with Gasteiger partial charge in [0.1, 0.15) is 0 Å². The Hall–Kier alpha value is -0.540. The van der Waals surface area contributed by atoms with Crippen LogP contribution in [-0.4, -0.2) is 25.5 Å². The van der Waals surface area contributed by atoms with E-state index in [-0.39, 0.29) is 5.91 Å². The summed E-state index contributed by atoms with van der Waals surface area (Å²) in [5, 5.41) is 6.21. The molecular formula is C10H19ClN2O. The molecule has 0 rings (SSSR count). The number of rotatable bonds is 7. The third-order valence-electron chi connectivity index (χ3n) is 1.65. The number of carbonyl (C=O) groups is 1. The Labute approximate surface area is 90.9 Å². The zero-order valence-electron chi connectivity index (χ0n) is 8.90. The fourth-order valence-electron chi connectivity index (χ4n) is 0.874. The van der Waals surface area contributed by atoms with Crippen LogP contribution in [0.2, 0.25) is 0 Å². The maximum Gasteiger partial charge on any atom is 0.233 e. The molecule has 0 aromatic heterocycles. The van der Waals surface area contributed by atoms with E-state index in [0.29, 0.717) is 24.0 Å². The summed E-state index contributed by atoms with van der Waals surface area (Å²) in [7, 11) is 0. The van der Waals surface area contributed by atoms with Gasteiger partial charge in [-0.2, -0.15) is 0 Å². The van der Waals surface area contributed by atoms with Crippen molar-refractivity contribution in [2.24, 2.45) is 5.92 Å². The minimum atomic E-state index is 0.00330. The molecular weight excluding hydrogens is 200 g/mol. The average molecular weight is 219 g/mol. The first-order valence-corrected chi connectivity index (χ1v) is 5.21. The van der Waals surface area contributed by atoms with Gasteiger partial charge in [-0.15, -0.1) is 0 Å². The third-order valence-corrected chi connectivity index (χ3v) is 1.78. The van der Waals surface area contributed by atoms with E-state index in [1.165, 1.54) is 0 Å². The molecule has 1 amide bonds. The van der Waals surface area contributed by atoms with E-state index in [0.717, 1.165) is 13.0 Å². The summed E-state index contributed by atoms with van der Waals surface area (Å²) in [6.07, 6.45) is 1.01. The number of nitrogens with one attached hydrogen (secondary N) is 2. The van der Waals surface area contributed by atoms with Gasteiger partial charge in [-0.25, -0.2) is 0 Å². The van der Waals surface area contributed by atoms with E-state index in [1.54, 1.807) is 0 Å². The fraction of sp³-hybridized carbons (Fsp3) is 0.700. The van der Waals surface area contributed by atoms with Crippen LogP contribution >= 0.6 is 11.6 Å². The van der Waals surface area contributed by atoms with Gasteiger partial charge in [-0.05, 0) is 12.3 Å². The largest absolute Gasteiger partial charge is 0.355 e. The van der Waals surface area contributed by atoms with Gasteiger partial charge in [-0.1, -0.05) is 32.0 Å². The summed E-state index contributed by atoms with van der Waals surface area (Å²) in [6.45, 7) is 9.27. The molecule has 4 heteroatoms. The topological polar surface area (TPSA) is 41.1 Å². The lowest BCUT2D eigenvalue weighted by Gasteiger charge is -2.07. The Morgan fingerprint density at radius 1 is 1.43 bits per heavy atom. The summed E-state index contributed by atoms with van der Waals surface area (Å²) < 4.78 is 0. The van der Waals surface area contributed by atoms with Crippen molar-refractivity contribution in [1.29, 1.82) is 0 Å². The standard InChI is InChI=1S/C10H19ClN2O/c1-8(2)4-5-13-10(14)7-12-6-9(3)11/h8,12H,3-7H2,1-2H3,(H,13,14). The second-order valence-corrected chi connectivity index (χ2v) is 4.19. The van der Waals surface area contributed by atoms with Gasteiger partial charge in [0, 0.05) is 18.1 Å². The molecule has 0 aliphatic rings. The van der Waals surface area contributed by atoms with Gasteiger partial charge >= 0.3 is 0 Å². The first-order chi connectivity index (χ1) is 6.52. The minimum absolute atomic E-state index is 0.00330. The second kappa shape index (κ2) is 7.83. The molecule has 0 fully saturated rings. The van der Waals surface area contributed by atoms with E-state index in [2.05, 4.69) is 31.1 Å². The van der Waals surface area contributed by atoms with Gasteiger partial charge in [0.25, 0.3) is 0 Å². The van der Waals surface area contributed by atoms with Crippen molar-refractivity contribution < 1.29 is 4.79 Å². The zero-order valence-corrected chi connectivity index (χ0v) is 9.66. The highest BCUT2D eigenvalue weighted by molar-refractivity contribution is 6.29. The van der Waals surface area contributed by atoms with Gasteiger partial charge in [0.05, 0.1) is 6.54 Å². The Balaban J connectivity index is 3.33. The molecule has 0 radical (unpaired) electrons. The summed E-state index contributed by atoms with van der Waals surface area (Å²) in [6, 6.07) is 0. The van der Waals surface area contributed by atoms with Crippen molar-refractivity contribution in [3.8, 4) is 0 Å². The molecule has 0 aromatic rings. The predicted molar refractivity (Wildman–Crippen MR) is 60.3 cm³/mol. The molecule has 82 valence electrons. The highest BCUT2D eigenvalue weighted by Gasteiger charge is 2.00. The SMILES string of the molecule is C=C(Cl)CNCC(=O)NCCC(C)C. The first-order valence-electron chi connectivity index (χ1n) is 4.83. The van der Waals surface area contributed by atoms with Crippen molar-refractivity contribution in [3.63, 3.8) is 0 Å². The fourth-order valence-corrected chi connectivity index (χ4v) is 0.969. The van der Waals surface area contributed by atoms with Crippen molar-refractivity contribution >= 4 is 17.5 Å². The number of hydrogen-bond acceptors (Lipinski definition) is 2. The molecule has 0 saturated heterocycles. The molecule has 0 heterocycles. The minimum Gasteiger partial charge on any atom is -0.355 e. The maximum atomic E-state index is 11.2. The zero-order chi connectivity index (χ0) is 11.0. The lowest BCUT2D eigenvalue weighted by atomic mass is 10.1. The average Bonchev–Trinajstić information content (AvgIpc) is 2.02. The summed E-state index contributed by atoms with van der Waals surface area (Å²) in [4.78, 5) is 11.2. The van der Waals surface area contributed by atoms with Crippen LogP contribution in [0.15, 0.2) is 11.6 Å². The number of hydrogen-bond donors (Lipinski definition) is 2. The van der Waals surface area contributed by atoms with Crippen LogP contribution < -0.4 is 10.6 Å². The highest BCUT2D eigenvalue weighted by atomic mass is 35.5. The van der Waals surface area contributed by atoms with E-state index in [1.807, 2.05) is 0 Å². The number of amides is 1. The van der Waals surface area contributed by atoms with E-state index < -0.39 is 0 Å². The van der Waals surface area contributed by atoms with Gasteiger partial charge in [-0.3, -0.25) is 4.79 Å². The number of halogens is 1. The van der Waals surface area contributed by atoms with Crippen LogP contribution in [0.5, 0.6) is 0 Å². The van der Waals surface area contributed by atoms with Crippen LogP contribution in [-0.2, 0) is 4.79 Å². The molecule has 0 aromatic carbocycles. The van der Waals surface area contributed by atoms with Crippen LogP contribution in [0.4, 0.5) is 0 Å². The van der Waals surface area contributed by atoms with Crippen molar-refractivity contribution in [3.05, 3.63) is 11.6 Å². The Morgan fingerprint density at radius 2 is 2.07 bits per heavy atom. The maximum absolute atomic E-state index is 11.2. The summed E-state index contributed by atoms with van der Waals surface area (Å²) in [5.74, 6) is 0.620. The van der Waals surface area contributed by atoms with Crippen LogP contribution in [0.3, 0.4) is 0 Å². The molecule has 14 heavy (non-hydrogen) atoms. The van der Waals surface area contributed by atoms with Crippen molar-refractivity contribution in [1.82, 2.24) is 10.6 Å². The van der Waals surface area contributed by atoms with E-state index in [9.17, 15) is 4.79 Å². The van der Waals surface area contributed by atoms with E-state index >= 15 is 0 Å². The lowest BCUT2D eigenvalue weighted by molar-refractivity contribution is -0.120. The molecule has 0 saturated carbocycles. The molecule has 0 bridgehead atoms. The quantitative estimate of drug-likeness (QED) is 0.680. The normalized spacial score (nSPS) is 10.3. The van der Waals surface area contributed by atoms with Gasteiger partial charge in [0.15, 0.2) is 0 Å². The Morgan fingerprint density at radius 3 is 2.57 bits per heavy atom. The molecule has 0 spiro atoms. The molecule has 2 N–H and O–H groups in total. The number of carbonyl (C=O) groups excluding carboxylic acids is 1. The monoisotopic (exact) mass is 218 g/mol. The van der Waals surface area contributed by atoms with Crippen LogP contribution in [0.25, 0.3) is 0 Å².